The summed E-state index contributed by atoms with van der Waals surface area (Å²) >= 11 is 1.82. The minimum atomic E-state index is -0.656. The summed E-state index contributed by atoms with van der Waals surface area (Å²) in [6.45, 7) is 13.6. The summed E-state index contributed by atoms with van der Waals surface area (Å²) in [6.07, 6.45) is 1.90. The highest BCUT2D eigenvalue weighted by Crippen LogP contribution is 2.55. The average Bonchev–Trinajstić information content (AvgIpc) is 3.16. The van der Waals surface area contributed by atoms with Crippen LogP contribution in [-0.2, 0) is 16.2 Å². The molecule has 1 aliphatic rings. The van der Waals surface area contributed by atoms with E-state index in [0.717, 1.165) is 39.3 Å². The molecular formula is C49H44N2OS. The van der Waals surface area contributed by atoms with E-state index in [1.54, 1.807) is 6.07 Å². The van der Waals surface area contributed by atoms with Crippen molar-refractivity contribution in [3.8, 4) is 39.4 Å². The zero-order valence-corrected chi connectivity index (χ0v) is 32.0. The first kappa shape index (κ1) is 34.6. The summed E-state index contributed by atoms with van der Waals surface area (Å²) in [4.78, 5) is 12.8. The summed E-state index contributed by atoms with van der Waals surface area (Å²) in [5.74, 6) is 0.206. The highest BCUT2D eigenvalue weighted by molar-refractivity contribution is 7.99. The van der Waals surface area contributed by atoms with E-state index < -0.39 is 5.41 Å². The summed E-state index contributed by atoms with van der Waals surface area (Å²) < 4.78 is 0. The average molecular weight is 709 g/mol. The monoisotopic (exact) mass is 708 g/mol. The molecule has 4 heteroatoms. The zero-order chi connectivity index (χ0) is 37.0. The lowest BCUT2D eigenvalue weighted by Gasteiger charge is -2.41. The number of para-hydroxylation sites is 1. The van der Waals surface area contributed by atoms with E-state index in [-0.39, 0.29) is 16.6 Å². The predicted octanol–water partition coefficient (Wildman–Crippen LogP) is 12.6. The van der Waals surface area contributed by atoms with Crippen LogP contribution < -0.4 is 0 Å². The van der Waals surface area contributed by atoms with Gasteiger partial charge in [0, 0.05) is 27.1 Å². The molecule has 3 heterocycles. The van der Waals surface area contributed by atoms with Crippen molar-refractivity contribution in [3.63, 3.8) is 0 Å². The van der Waals surface area contributed by atoms with Gasteiger partial charge in [0.15, 0.2) is 0 Å². The highest BCUT2D eigenvalue weighted by atomic mass is 32.2. The second-order valence-corrected chi connectivity index (χ2v) is 17.2. The van der Waals surface area contributed by atoms with Gasteiger partial charge in [-0.3, -0.25) is 4.98 Å². The van der Waals surface area contributed by atoms with Crippen molar-refractivity contribution in [1.29, 1.82) is 0 Å². The van der Waals surface area contributed by atoms with Gasteiger partial charge in [-0.25, -0.2) is 4.98 Å². The van der Waals surface area contributed by atoms with E-state index in [0.29, 0.717) is 5.56 Å². The Labute approximate surface area is 317 Å². The fourth-order valence-corrected chi connectivity index (χ4v) is 8.75. The molecule has 0 atom stereocenters. The molecule has 3 nitrogen and oxygen atoms in total. The predicted molar refractivity (Wildman–Crippen MR) is 220 cm³/mol. The summed E-state index contributed by atoms with van der Waals surface area (Å²) in [7, 11) is 0. The number of nitrogens with zero attached hydrogens (tertiary/aromatic N) is 2. The van der Waals surface area contributed by atoms with Crippen LogP contribution in [0.2, 0.25) is 0 Å². The first-order valence-electron chi connectivity index (χ1n) is 18.3. The van der Waals surface area contributed by atoms with Crippen molar-refractivity contribution in [3.05, 3.63) is 185 Å². The molecule has 7 aromatic rings. The molecule has 0 spiro atoms. The number of phenols is 1. The third-order valence-corrected chi connectivity index (χ3v) is 11.6. The van der Waals surface area contributed by atoms with E-state index in [2.05, 4.69) is 157 Å². The quantitative estimate of drug-likeness (QED) is 0.193. The summed E-state index contributed by atoms with van der Waals surface area (Å²) in [5, 5.41) is 11.1. The fourth-order valence-electron chi connectivity index (χ4n) is 7.56. The smallest absolute Gasteiger partial charge is 0.124 e. The molecule has 0 aliphatic carbocycles. The lowest BCUT2D eigenvalue weighted by atomic mass is 9.66. The van der Waals surface area contributed by atoms with Crippen molar-refractivity contribution in [2.24, 2.45) is 0 Å². The van der Waals surface area contributed by atoms with Crippen LogP contribution in [-0.4, -0.2) is 15.1 Å². The van der Waals surface area contributed by atoms with Crippen molar-refractivity contribution >= 4 is 11.8 Å². The largest absolute Gasteiger partial charge is 0.507 e. The molecule has 262 valence electrons. The van der Waals surface area contributed by atoms with Crippen LogP contribution in [0.1, 0.15) is 75.1 Å². The van der Waals surface area contributed by atoms with E-state index in [4.69, 9.17) is 9.97 Å². The van der Waals surface area contributed by atoms with E-state index >= 15 is 0 Å². The molecule has 8 rings (SSSR count). The number of hydrogen-bond acceptors (Lipinski definition) is 4. The van der Waals surface area contributed by atoms with Gasteiger partial charge in [-0.1, -0.05) is 144 Å². The van der Waals surface area contributed by atoms with Crippen LogP contribution in [0.25, 0.3) is 33.6 Å². The molecule has 0 saturated heterocycles. The summed E-state index contributed by atoms with van der Waals surface area (Å²) in [5.41, 5.74) is 11.8. The SMILES string of the molecule is CC(C)(C)c1cc(-c2cc(-c3cccc(C4(c5ccccn5)c5ccccc5Sc5ccccc54)c3)nc(-c3ccccc3O)c2)cc(C(C)(C)C)c1. The Morgan fingerprint density at radius 2 is 1.11 bits per heavy atom. The first-order chi connectivity index (χ1) is 25.4. The van der Waals surface area contributed by atoms with Gasteiger partial charge in [0.2, 0.25) is 0 Å². The number of fused-ring (bicyclic) bond motifs is 2. The van der Waals surface area contributed by atoms with E-state index in [9.17, 15) is 5.11 Å². The van der Waals surface area contributed by atoms with Gasteiger partial charge in [-0.15, -0.1) is 0 Å². The van der Waals surface area contributed by atoms with Gasteiger partial charge >= 0.3 is 0 Å². The number of aromatic nitrogens is 2. The van der Waals surface area contributed by atoms with Crippen LogP contribution in [0.15, 0.2) is 162 Å². The second kappa shape index (κ2) is 13.2. The van der Waals surface area contributed by atoms with Crippen LogP contribution in [0, 0.1) is 0 Å². The topological polar surface area (TPSA) is 46.0 Å². The molecule has 1 N–H and O–H groups in total. The minimum absolute atomic E-state index is 0.0363. The van der Waals surface area contributed by atoms with Crippen LogP contribution in [0.3, 0.4) is 0 Å². The van der Waals surface area contributed by atoms with Crippen LogP contribution in [0.5, 0.6) is 5.75 Å². The van der Waals surface area contributed by atoms with Gasteiger partial charge in [0.05, 0.1) is 22.5 Å². The van der Waals surface area contributed by atoms with Gasteiger partial charge in [-0.2, -0.15) is 0 Å². The van der Waals surface area contributed by atoms with Crippen molar-refractivity contribution < 1.29 is 5.11 Å². The Balaban J connectivity index is 1.40. The number of rotatable bonds is 5. The molecular weight excluding hydrogens is 665 g/mol. The van der Waals surface area contributed by atoms with Crippen LogP contribution in [0.4, 0.5) is 0 Å². The molecule has 0 bridgehead atoms. The number of benzene rings is 5. The molecule has 5 aromatic carbocycles. The maximum absolute atomic E-state index is 11.1. The Kier molecular flexibility index (Phi) is 8.62. The van der Waals surface area contributed by atoms with E-state index in [1.165, 1.54) is 32.0 Å². The van der Waals surface area contributed by atoms with Gasteiger partial charge in [0.1, 0.15) is 5.75 Å². The lowest BCUT2D eigenvalue weighted by molar-refractivity contribution is 0.477. The van der Waals surface area contributed by atoms with E-state index in [1.807, 2.05) is 42.2 Å². The third kappa shape index (κ3) is 6.25. The molecule has 1 aliphatic heterocycles. The molecule has 0 unspecified atom stereocenters. The maximum atomic E-state index is 11.1. The van der Waals surface area contributed by atoms with Gasteiger partial charge in [0.25, 0.3) is 0 Å². The molecule has 0 amide bonds. The summed E-state index contributed by atoms with van der Waals surface area (Å²) in [6, 6.07) is 51.3. The molecule has 53 heavy (non-hydrogen) atoms. The standard InChI is InChI=1S/C49H44N2OS/c1-47(2,3)36-27-33(28-37(31-36)48(4,5)6)34-29-41(51-42(30-34)38-18-7-10-21-43(38)52)32-16-15-17-35(26-32)49(46-24-13-14-25-50-46)39-19-8-11-22-44(39)53-45-23-12-9-20-40(45)49/h7-31,52H,1-6H3. The Hall–Kier alpha value is -5.45. The van der Waals surface area contributed by atoms with Crippen molar-refractivity contribution in [2.45, 2.75) is 67.6 Å². The fraction of sp³-hybridized carbons (Fsp3) is 0.184. The highest BCUT2D eigenvalue weighted by Gasteiger charge is 2.45. The third-order valence-electron chi connectivity index (χ3n) is 10.4. The maximum Gasteiger partial charge on any atom is 0.124 e. The molecule has 0 radical (unpaired) electrons. The molecule has 0 saturated carbocycles. The first-order valence-corrected chi connectivity index (χ1v) is 19.1. The number of pyridine rings is 2. The van der Waals surface area contributed by atoms with Crippen molar-refractivity contribution in [2.75, 3.05) is 0 Å². The molecule has 2 aromatic heterocycles. The Bertz CT molecular complexity index is 2390. The van der Waals surface area contributed by atoms with Crippen LogP contribution >= 0.6 is 11.8 Å². The lowest BCUT2D eigenvalue weighted by Crippen LogP contribution is -2.35. The second-order valence-electron chi connectivity index (χ2n) is 16.1. The zero-order valence-electron chi connectivity index (χ0n) is 31.2. The Morgan fingerprint density at radius 3 is 1.74 bits per heavy atom. The number of hydrogen-bond donors (Lipinski definition) is 1. The number of phenolic OH excluding ortho intramolecular Hbond substituents is 1. The normalized spacial score (nSPS) is 13.6. The van der Waals surface area contributed by atoms with Gasteiger partial charge in [-0.05, 0) is 104 Å². The molecule has 0 fully saturated rings. The van der Waals surface area contributed by atoms with Crippen molar-refractivity contribution in [1.82, 2.24) is 9.97 Å². The van der Waals surface area contributed by atoms with Gasteiger partial charge < -0.3 is 5.11 Å². The number of aromatic hydroxyl groups is 1. The Morgan fingerprint density at radius 1 is 0.528 bits per heavy atom. The minimum Gasteiger partial charge on any atom is -0.507 e.